The standard InChI is InChI=1S/C15H23NO/c1-3-17-11-13-4-6-14(7-5-13)12(2)10-16-15-8-9-15/h4-7,12,15-16H,3,8-11H2,1-2H3. The van der Waals surface area contributed by atoms with Gasteiger partial charge in [0.25, 0.3) is 0 Å². The minimum Gasteiger partial charge on any atom is -0.377 e. The van der Waals surface area contributed by atoms with Crippen LogP contribution in [-0.4, -0.2) is 19.2 Å². The molecule has 0 heterocycles. The number of ether oxygens (including phenoxy) is 1. The van der Waals surface area contributed by atoms with E-state index in [2.05, 4.69) is 36.5 Å². The van der Waals surface area contributed by atoms with Crippen LogP contribution in [-0.2, 0) is 11.3 Å². The van der Waals surface area contributed by atoms with E-state index in [1.165, 1.54) is 24.0 Å². The van der Waals surface area contributed by atoms with E-state index in [0.29, 0.717) is 5.92 Å². The lowest BCUT2D eigenvalue weighted by atomic mass is 10.00. The molecular weight excluding hydrogens is 210 g/mol. The van der Waals surface area contributed by atoms with Gasteiger partial charge in [-0.05, 0) is 36.8 Å². The molecule has 1 aromatic rings. The molecule has 0 aromatic heterocycles. The Labute approximate surface area is 104 Å². The van der Waals surface area contributed by atoms with Crippen LogP contribution >= 0.6 is 0 Å². The molecule has 94 valence electrons. The van der Waals surface area contributed by atoms with E-state index < -0.39 is 0 Å². The highest BCUT2D eigenvalue weighted by Crippen LogP contribution is 2.21. The van der Waals surface area contributed by atoms with Crippen LogP contribution in [0.1, 0.15) is 43.7 Å². The Balaban J connectivity index is 1.82. The van der Waals surface area contributed by atoms with Crippen molar-refractivity contribution in [1.29, 1.82) is 0 Å². The summed E-state index contributed by atoms with van der Waals surface area (Å²) < 4.78 is 5.39. The highest BCUT2D eigenvalue weighted by Gasteiger charge is 2.21. The van der Waals surface area contributed by atoms with E-state index in [4.69, 9.17) is 4.74 Å². The van der Waals surface area contributed by atoms with Crippen LogP contribution in [0, 0.1) is 0 Å². The van der Waals surface area contributed by atoms with Crippen LogP contribution in [0.5, 0.6) is 0 Å². The van der Waals surface area contributed by atoms with E-state index in [1.807, 2.05) is 6.92 Å². The minimum atomic E-state index is 0.594. The fraction of sp³-hybridized carbons (Fsp3) is 0.600. The number of nitrogens with one attached hydrogen (secondary N) is 1. The Morgan fingerprint density at radius 2 is 2.00 bits per heavy atom. The molecule has 1 aromatic carbocycles. The molecule has 1 fully saturated rings. The summed E-state index contributed by atoms with van der Waals surface area (Å²) in [6.45, 7) is 6.91. The van der Waals surface area contributed by atoms with Gasteiger partial charge in [0, 0.05) is 19.2 Å². The van der Waals surface area contributed by atoms with Crippen molar-refractivity contribution in [3.8, 4) is 0 Å². The molecule has 1 aliphatic rings. The molecule has 0 radical (unpaired) electrons. The summed E-state index contributed by atoms with van der Waals surface area (Å²) in [6.07, 6.45) is 2.72. The number of benzene rings is 1. The van der Waals surface area contributed by atoms with Gasteiger partial charge in [0.05, 0.1) is 6.61 Å². The second-order valence-electron chi connectivity index (χ2n) is 4.96. The highest BCUT2D eigenvalue weighted by molar-refractivity contribution is 5.25. The van der Waals surface area contributed by atoms with Gasteiger partial charge in [-0.25, -0.2) is 0 Å². The third-order valence-electron chi connectivity index (χ3n) is 3.31. The van der Waals surface area contributed by atoms with Crippen LogP contribution in [0.2, 0.25) is 0 Å². The Morgan fingerprint density at radius 1 is 1.29 bits per heavy atom. The third-order valence-corrected chi connectivity index (χ3v) is 3.31. The first-order valence-corrected chi connectivity index (χ1v) is 6.69. The lowest BCUT2D eigenvalue weighted by molar-refractivity contribution is 0.134. The average Bonchev–Trinajstić information content (AvgIpc) is 3.18. The van der Waals surface area contributed by atoms with Crippen molar-refractivity contribution in [2.75, 3.05) is 13.2 Å². The Hall–Kier alpha value is -0.860. The van der Waals surface area contributed by atoms with Crippen LogP contribution in [0.15, 0.2) is 24.3 Å². The first-order valence-electron chi connectivity index (χ1n) is 6.69. The fourth-order valence-corrected chi connectivity index (χ4v) is 1.91. The predicted molar refractivity (Wildman–Crippen MR) is 71.2 cm³/mol. The lowest BCUT2D eigenvalue weighted by Gasteiger charge is -2.13. The van der Waals surface area contributed by atoms with Gasteiger partial charge in [0.2, 0.25) is 0 Å². The smallest absolute Gasteiger partial charge is 0.0716 e. The summed E-state index contributed by atoms with van der Waals surface area (Å²) in [5, 5.41) is 3.58. The molecule has 1 saturated carbocycles. The molecule has 1 aliphatic carbocycles. The normalized spacial score (nSPS) is 17.1. The molecule has 0 amide bonds. The number of hydrogen-bond donors (Lipinski definition) is 1. The van der Waals surface area contributed by atoms with E-state index in [0.717, 1.165) is 25.8 Å². The molecule has 2 rings (SSSR count). The van der Waals surface area contributed by atoms with E-state index in [1.54, 1.807) is 0 Å². The van der Waals surface area contributed by atoms with Crippen molar-refractivity contribution in [3.05, 3.63) is 35.4 Å². The fourth-order valence-electron chi connectivity index (χ4n) is 1.91. The molecule has 0 saturated heterocycles. The predicted octanol–water partition coefficient (Wildman–Crippen LogP) is 3.08. The van der Waals surface area contributed by atoms with Gasteiger partial charge in [0.1, 0.15) is 0 Å². The van der Waals surface area contributed by atoms with Crippen molar-refractivity contribution >= 4 is 0 Å². The van der Waals surface area contributed by atoms with Crippen molar-refractivity contribution in [1.82, 2.24) is 5.32 Å². The third kappa shape index (κ3) is 4.14. The molecule has 1 N–H and O–H groups in total. The summed E-state index contributed by atoms with van der Waals surface area (Å²) in [7, 11) is 0. The molecule has 0 spiro atoms. The van der Waals surface area contributed by atoms with E-state index >= 15 is 0 Å². The number of rotatable bonds is 7. The van der Waals surface area contributed by atoms with Gasteiger partial charge in [-0.1, -0.05) is 31.2 Å². The summed E-state index contributed by atoms with van der Waals surface area (Å²) in [5.74, 6) is 0.594. The zero-order chi connectivity index (χ0) is 12.1. The van der Waals surface area contributed by atoms with Crippen molar-refractivity contribution in [2.45, 2.75) is 45.3 Å². The van der Waals surface area contributed by atoms with Gasteiger partial charge in [-0.15, -0.1) is 0 Å². The molecule has 2 heteroatoms. The average molecular weight is 233 g/mol. The van der Waals surface area contributed by atoms with Gasteiger partial charge in [-0.2, -0.15) is 0 Å². The van der Waals surface area contributed by atoms with Crippen LogP contribution in [0.3, 0.4) is 0 Å². The van der Waals surface area contributed by atoms with Crippen LogP contribution < -0.4 is 5.32 Å². The second kappa shape index (κ2) is 6.18. The van der Waals surface area contributed by atoms with Gasteiger partial charge in [0.15, 0.2) is 0 Å². The molecule has 17 heavy (non-hydrogen) atoms. The second-order valence-corrected chi connectivity index (χ2v) is 4.96. The van der Waals surface area contributed by atoms with E-state index in [9.17, 15) is 0 Å². The molecule has 0 aliphatic heterocycles. The maximum atomic E-state index is 5.39. The van der Waals surface area contributed by atoms with Crippen LogP contribution in [0.25, 0.3) is 0 Å². The van der Waals surface area contributed by atoms with E-state index in [-0.39, 0.29) is 0 Å². The zero-order valence-corrected chi connectivity index (χ0v) is 10.9. The van der Waals surface area contributed by atoms with Gasteiger partial charge >= 0.3 is 0 Å². The Bertz CT molecular complexity index is 329. The Morgan fingerprint density at radius 3 is 2.59 bits per heavy atom. The molecular formula is C15H23NO. The Kier molecular flexibility index (Phi) is 4.57. The largest absolute Gasteiger partial charge is 0.377 e. The SMILES string of the molecule is CCOCc1ccc(C(C)CNC2CC2)cc1. The lowest BCUT2D eigenvalue weighted by Crippen LogP contribution is -2.21. The molecule has 1 atom stereocenters. The molecule has 0 bridgehead atoms. The zero-order valence-electron chi connectivity index (χ0n) is 10.9. The minimum absolute atomic E-state index is 0.594. The first kappa shape index (κ1) is 12.6. The molecule has 1 unspecified atom stereocenters. The number of hydrogen-bond acceptors (Lipinski definition) is 2. The summed E-state index contributed by atoms with van der Waals surface area (Å²) >= 11 is 0. The van der Waals surface area contributed by atoms with Gasteiger partial charge in [-0.3, -0.25) is 0 Å². The van der Waals surface area contributed by atoms with Gasteiger partial charge < -0.3 is 10.1 Å². The monoisotopic (exact) mass is 233 g/mol. The van der Waals surface area contributed by atoms with Crippen molar-refractivity contribution < 1.29 is 4.74 Å². The summed E-state index contributed by atoms with van der Waals surface area (Å²) in [4.78, 5) is 0. The first-order chi connectivity index (χ1) is 8.29. The highest BCUT2D eigenvalue weighted by atomic mass is 16.5. The summed E-state index contributed by atoms with van der Waals surface area (Å²) in [6, 6.07) is 9.62. The molecule has 2 nitrogen and oxygen atoms in total. The summed E-state index contributed by atoms with van der Waals surface area (Å²) in [5.41, 5.74) is 2.68. The quantitative estimate of drug-likeness (QED) is 0.781. The van der Waals surface area contributed by atoms with Crippen molar-refractivity contribution in [2.24, 2.45) is 0 Å². The maximum absolute atomic E-state index is 5.39. The van der Waals surface area contributed by atoms with Crippen molar-refractivity contribution in [3.63, 3.8) is 0 Å². The van der Waals surface area contributed by atoms with Crippen LogP contribution in [0.4, 0.5) is 0 Å². The topological polar surface area (TPSA) is 21.3 Å². The maximum Gasteiger partial charge on any atom is 0.0716 e.